The summed E-state index contributed by atoms with van der Waals surface area (Å²) >= 11 is 0. The number of amides is 2. The van der Waals surface area contributed by atoms with E-state index in [1.54, 1.807) is 19.1 Å². The Bertz CT molecular complexity index is 1090. The first-order valence-electron chi connectivity index (χ1n) is 11.4. The maximum absolute atomic E-state index is 13.6. The van der Waals surface area contributed by atoms with Crippen LogP contribution < -0.4 is 19.1 Å². The number of carbonyl (C=O) groups is 2. The molecule has 0 bridgehead atoms. The van der Waals surface area contributed by atoms with Gasteiger partial charge in [0, 0.05) is 19.2 Å². The minimum atomic E-state index is -3.89. The number of nitrogens with one attached hydrogen (secondary N) is 1. The van der Waals surface area contributed by atoms with Crippen LogP contribution in [0.4, 0.5) is 5.69 Å². The third-order valence-corrected chi connectivity index (χ3v) is 6.65. The molecular formula is C25H35N3O6S. The van der Waals surface area contributed by atoms with E-state index in [2.05, 4.69) is 5.32 Å². The van der Waals surface area contributed by atoms with Crippen LogP contribution in [-0.2, 0) is 26.2 Å². The molecule has 192 valence electrons. The number of nitrogens with zero attached hydrogens (tertiary/aromatic N) is 2. The number of hydrogen-bond donors (Lipinski definition) is 1. The van der Waals surface area contributed by atoms with E-state index in [1.165, 1.54) is 25.2 Å². The van der Waals surface area contributed by atoms with Gasteiger partial charge in [0.2, 0.25) is 21.8 Å². The first-order valence-corrected chi connectivity index (χ1v) is 13.3. The minimum Gasteiger partial charge on any atom is -0.497 e. The molecule has 0 aromatic heterocycles. The van der Waals surface area contributed by atoms with Gasteiger partial charge in [-0.2, -0.15) is 0 Å². The monoisotopic (exact) mass is 505 g/mol. The van der Waals surface area contributed by atoms with E-state index in [9.17, 15) is 18.0 Å². The number of rotatable bonds is 13. The standard InChI is InChI=1S/C25H35N3O6S/c1-6-7-15-26-25(30)19(2)27(17-20-11-9-8-10-12-20)24(29)18-28(35(5,31)32)22-16-21(33-3)13-14-23(22)34-4/h8-14,16,19H,6-7,15,17-18H2,1-5H3,(H,26,30). The molecule has 2 aromatic carbocycles. The number of unbranched alkanes of at least 4 members (excludes halogenated alkanes) is 1. The quantitative estimate of drug-likeness (QED) is 0.420. The molecule has 10 heteroatoms. The van der Waals surface area contributed by atoms with Gasteiger partial charge < -0.3 is 19.7 Å². The first kappa shape index (κ1) is 28.0. The van der Waals surface area contributed by atoms with Crippen molar-refractivity contribution in [2.45, 2.75) is 39.3 Å². The zero-order valence-electron chi connectivity index (χ0n) is 21.0. The molecular weight excluding hydrogens is 470 g/mol. The van der Waals surface area contributed by atoms with Crippen LogP contribution in [0.5, 0.6) is 11.5 Å². The lowest BCUT2D eigenvalue weighted by atomic mass is 10.1. The van der Waals surface area contributed by atoms with E-state index in [4.69, 9.17) is 9.47 Å². The van der Waals surface area contributed by atoms with Gasteiger partial charge in [-0.05, 0) is 31.0 Å². The molecule has 35 heavy (non-hydrogen) atoms. The fourth-order valence-corrected chi connectivity index (χ4v) is 4.33. The maximum Gasteiger partial charge on any atom is 0.244 e. The Morgan fingerprint density at radius 2 is 1.74 bits per heavy atom. The normalized spacial score (nSPS) is 11.9. The Hall–Kier alpha value is -3.27. The molecule has 9 nitrogen and oxygen atoms in total. The number of anilines is 1. The van der Waals surface area contributed by atoms with Crippen molar-refractivity contribution in [1.82, 2.24) is 10.2 Å². The van der Waals surface area contributed by atoms with Crippen molar-refractivity contribution in [1.29, 1.82) is 0 Å². The van der Waals surface area contributed by atoms with E-state index in [-0.39, 0.29) is 23.9 Å². The SMILES string of the molecule is CCCCNC(=O)C(C)N(Cc1ccccc1)C(=O)CN(c1cc(OC)ccc1OC)S(C)(=O)=O. The van der Waals surface area contributed by atoms with Crippen LogP contribution in [0.1, 0.15) is 32.3 Å². The molecule has 0 saturated carbocycles. The summed E-state index contributed by atoms with van der Waals surface area (Å²) in [5.74, 6) is -0.148. The molecule has 1 unspecified atom stereocenters. The summed E-state index contributed by atoms with van der Waals surface area (Å²) in [7, 11) is -1.02. The third-order valence-electron chi connectivity index (χ3n) is 5.53. The predicted octanol–water partition coefficient (Wildman–Crippen LogP) is 2.80. The summed E-state index contributed by atoms with van der Waals surface area (Å²) in [6.07, 6.45) is 2.76. The lowest BCUT2D eigenvalue weighted by Crippen LogP contribution is -2.51. The van der Waals surface area contributed by atoms with E-state index in [1.807, 2.05) is 37.3 Å². The van der Waals surface area contributed by atoms with Gasteiger partial charge in [0.25, 0.3) is 0 Å². The topological polar surface area (TPSA) is 105 Å². The molecule has 0 heterocycles. The smallest absolute Gasteiger partial charge is 0.244 e. The number of carbonyl (C=O) groups excluding carboxylic acids is 2. The molecule has 0 saturated heterocycles. The molecule has 2 amide bonds. The average Bonchev–Trinajstić information content (AvgIpc) is 2.84. The predicted molar refractivity (Wildman–Crippen MR) is 136 cm³/mol. The lowest BCUT2D eigenvalue weighted by Gasteiger charge is -2.32. The Kier molecular flexibility index (Phi) is 10.4. The molecule has 0 radical (unpaired) electrons. The van der Waals surface area contributed by atoms with Crippen LogP contribution >= 0.6 is 0 Å². The van der Waals surface area contributed by atoms with Gasteiger partial charge in [-0.25, -0.2) is 8.42 Å². The van der Waals surface area contributed by atoms with Crippen molar-refractivity contribution >= 4 is 27.5 Å². The highest BCUT2D eigenvalue weighted by atomic mass is 32.2. The highest BCUT2D eigenvalue weighted by Crippen LogP contribution is 2.33. The lowest BCUT2D eigenvalue weighted by molar-refractivity contribution is -0.139. The van der Waals surface area contributed by atoms with Gasteiger partial charge in [-0.1, -0.05) is 43.7 Å². The summed E-state index contributed by atoms with van der Waals surface area (Å²) in [6, 6.07) is 13.1. The fourth-order valence-electron chi connectivity index (χ4n) is 3.49. The summed E-state index contributed by atoms with van der Waals surface area (Å²) in [4.78, 5) is 27.8. The molecule has 0 aliphatic carbocycles. The Morgan fingerprint density at radius 1 is 1.06 bits per heavy atom. The summed E-state index contributed by atoms with van der Waals surface area (Å²) in [6.45, 7) is 3.80. The van der Waals surface area contributed by atoms with Crippen LogP contribution in [0.15, 0.2) is 48.5 Å². The highest BCUT2D eigenvalue weighted by Gasteiger charge is 2.31. The summed E-state index contributed by atoms with van der Waals surface area (Å²) in [5.41, 5.74) is 0.987. The second-order valence-corrected chi connectivity index (χ2v) is 10.0. The van der Waals surface area contributed by atoms with Gasteiger partial charge in [0.15, 0.2) is 0 Å². The molecule has 2 rings (SSSR count). The van der Waals surface area contributed by atoms with E-state index in [0.29, 0.717) is 12.3 Å². The molecule has 0 aliphatic rings. The van der Waals surface area contributed by atoms with Gasteiger partial charge in [-0.15, -0.1) is 0 Å². The van der Waals surface area contributed by atoms with Crippen molar-refractivity contribution in [3.8, 4) is 11.5 Å². The number of sulfonamides is 1. The van der Waals surface area contributed by atoms with Gasteiger partial charge in [0.05, 0.1) is 26.2 Å². The molecule has 2 aromatic rings. The van der Waals surface area contributed by atoms with Crippen LogP contribution in [0.2, 0.25) is 0 Å². The Morgan fingerprint density at radius 3 is 2.31 bits per heavy atom. The van der Waals surface area contributed by atoms with Crippen molar-refractivity contribution in [3.05, 3.63) is 54.1 Å². The summed E-state index contributed by atoms with van der Waals surface area (Å²) in [5, 5.41) is 2.85. The minimum absolute atomic E-state index is 0.148. The van der Waals surface area contributed by atoms with Gasteiger partial charge in [-0.3, -0.25) is 13.9 Å². The molecule has 0 spiro atoms. The van der Waals surface area contributed by atoms with Crippen molar-refractivity contribution in [3.63, 3.8) is 0 Å². The second kappa shape index (κ2) is 13.0. The number of methoxy groups -OCH3 is 2. The van der Waals surface area contributed by atoms with Gasteiger partial charge in [0.1, 0.15) is 24.1 Å². The molecule has 1 atom stereocenters. The van der Waals surface area contributed by atoms with E-state index >= 15 is 0 Å². The Labute approximate surface area is 208 Å². The second-order valence-electron chi connectivity index (χ2n) is 8.14. The van der Waals surface area contributed by atoms with Crippen LogP contribution in [0.3, 0.4) is 0 Å². The number of ether oxygens (including phenoxy) is 2. The number of hydrogen-bond acceptors (Lipinski definition) is 6. The van der Waals surface area contributed by atoms with E-state index < -0.39 is 28.5 Å². The van der Waals surface area contributed by atoms with Crippen molar-refractivity contribution in [2.75, 3.05) is 37.9 Å². The zero-order chi connectivity index (χ0) is 26.0. The molecule has 0 fully saturated rings. The van der Waals surface area contributed by atoms with Crippen molar-refractivity contribution < 1.29 is 27.5 Å². The third kappa shape index (κ3) is 7.88. The maximum atomic E-state index is 13.6. The summed E-state index contributed by atoms with van der Waals surface area (Å²) < 4.78 is 37.1. The Balaban J connectivity index is 2.41. The van der Waals surface area contributed by atoms with Crippen molar-refractivity contribution in [2.24, 2.45) is 0 Å². The van der Waals surface area contributed by atoms with E-state index in [0.717, 1.165) is 29.0 Å². The first-order chi connectivity index (χ1) is 16.6. The average molecular weight is 506 g/mol. The number of benzene rings is 2. The molecule has 1 N–H and O–H groups in total. The largest absolute Gasteiger partial charge is 0.497 e. The zero-order valence-corrected chi connectivity index (χ0v) is 21.8. The van der Waals surface area contributed by atoms with Crippen LogP contribution in [0, 0.1) is 0 Å². The van der Waals surface area contributed by atoms with Gasteiger partial charge >= 0.3 is 0 Å². The highest BCUT2D eigenvalue weighted by molar-refractivity contribution is 7.92. The fraction of sp³-hybridized carbons (Fsp3) is 0.440. The van der Waals surface area contributed by atoms with Crippen LogP contribution in [0.25, 0.3) is 0 Å². The molecule has 0 aliphatic heterocycles. The van der Waals surface area contributed by atoms with Crippen LogP contribution in [-0.4, -0.2) is 64.7 Å².